The van der Waals surface area contributed by atoms with Gasteiger partial charge in [-0.25, -0.2) is 0 Å². The molecule has 0 aliphatic carbocycles. The van der Waals surface area contributed by atoms with Crippen molar-refractivity contribution in [2.45, 2.75) is 33.2 Å². The Kier molecular flexibility index (Phi) is 8.48. The normalized spacial score (nSPS) is 12.7. The Morgan fingerprint density at radius 3 is 2.29 bits per heavy atom. The molecule has 0 spiro atoms. The number of carbonyl (C=O) groups is 1. The van der Waals surface area contributed by atoms with Crippen LogP contribution in [0.15, 0.2) is 54.6 Å². The summed E-state index contributed by atoms with van der Waals surface area (Å²) in [5, 5.41) is 2.08. The molecule has 0 atom stereocenters. The first-order valence-electron chi connectivity index (χ1n) is 12.6. The summed E-state index contributed by atoms with van der Waals surface area (Å²) in [5.74, 6) is 2.08. The average Bonchev–Trinajstić information content (AvgIpc) is 2.91. The third-order valence-corrected chi connectivity index (χ3v) is 6.61. The quantitative estimate of drug-likeness (QED) is 0.348. The average molecular weight is 477 g/mol. The van der Waals surface area contributed by atoms with Gasteiger partial charge in [0.1, 0.15) is 19.0 Å². The van der Waals surface area contributed by atoms with Gasteiger partial charge in [-0.1, -0.05) is 44.2 Å². The molecule has 1 aliphatic rings. The summed E-state index contributed by atoms with van der Waals surface area (Å²) in [7, 11) is 1.62. The molecule has 1 amide bonds. The molecule has 0 radical (unpaired) electrons. The standard InChI is InChI=1S/C29H36N2O4/c1-4-30(5-2)14-8-9-15-31(21-22-12-13-26-28(18-22)35-17-16-34-26)29(32)25-19-23-10-6-7-11-24(23)20-27(25)33-3/h6-7,10-13,18-20H,4-5,8-9,14-17,21H2,1-3H3. The van der Waals surface area contributed by atoms with Gasteiger partial charge in [0.25, 0.3) is 5.91 Å². The van der Waals surface area contributed by atoms with Gasteiger partial charge in [0.15, 0.2) is 11.5 Å². The summed E-state index contributed by atoms with van der Waals surface area (Å²) in [6, 6.07) is 17.9. The SMILES string of the molecule is CCN(CC)CCCCN(Cc1ccc2c(c1)OCCO2)C(=O)c1cc2ccccc2cc1OC. The second kappa shape index (κ2) is 11.9. The predicted molar refractivity (Wildman–Crippen MR) is 140 cm³/mol. The van der Waals surface area contributed by atoms with E-state index in [4.69, 9.17) is 14.2 Å². The van der Waals surface area contributed by atoms with Gasteiger partial charge in [-0.05, 0) is 73.1 Å². The zero-order valence-corrected chi connectivity index (χ0v) is 21.1. The Morgan fingerprint density at radius 1 is 0.886 bits per heavy atom. The molecule has 6 nitrogen and oxygen atoms in total. The fourth-order valence-corrected chi connectivity index (χ4v) is 4.56. The number of ether oxygens (including phenoxy) is 3. The van der Waals surface area contributed by atoms with Crippen LogP contribution in [0.4, 0.5) is 0 Å². The topological polar surface area (TPSA) is 51.2 Å². The number of hydrogen-bond acceptors (Lipinski definition) is 5. The molecule has 186 valence electrons. The van der Waals surface area contributed by atoms with Crippen LogP contribution in [0.1, 0.15) is 42.6 Å². The van der Waals surface area contributed by atoms with Crippen LogP contribution < -0.4 is 14.2 Å². The molecule has 0 unspecified atom stereocenters. The van der Waals surface area contributed by atoms with E-state index in [1.54, 1.807) is 7.11 Å². The zero-order chi connectivity index (χ0) is 24.6. The lowest BCUT2D eigenvalue weighted by molar-refractivity contribution is 0.0735. The van der Waals surface area contributed by atoms with Crippen molar-refractivity contribution in [2.24, 2.45) is 0 Å². The highest BCUT2D eigenvalue weighted by atomic mass is 16.6. The molecular weight excluding hydrogens is 440 g/mol. The number of amides is 1. The number of fused-ring (bicyclic) bond motifs is 2. The monoisotopic (exact) mass is 476 g/mol. The van der Waals surface area contributed by atoms with Crippen LogP contribution in [0.25, 0.3) is 10.8 Å². The fourth-order valence-electron chi connectivity index (χ4n) is 4.56. The number of methoxy groups -OCH3 is 1. The van der Waals surface area contributed by atoms with Crippen molar-refractivity contribution in [3.8, 4) is 17.2 Å². The molecular formula is C29H36N2O4. The number of benzene rings is 3. The fraction of sp³-hybridized carbons (Fsp3) is 0.414. The smallest absolute Gasteiger partial charge is 0.257 e. The lowest BCUT2D eigenvalue weighted by Gasteiger charge is -2.26. The van der Waals surface area contributed by atoms with E-state index in [9.17, 15) is 4.79 Å². The largest absolute Gasteiger partial charge is 0.496 e. The van der Waals surface area contributed by atoms with Crippen LogP contribution in [-0.4, -0.2) is 62.2 Å². The highest BCUT2D eigenvalue weighted by molar-refractivity contribution is 6.01. The minimum Gasteiger partial charge on any atom is -0.496 e. The first-order valence-corrected chi connectivity index (χ1v) is 12.6. The third-order valence-electron chi connectivity index (χ3n) is 6.61. The molecule has 6 heteroatoms. The van der Waals surface area contributed by atoms with Crippen molar-refractivity contribution in [3.05, 3.63) is 65.7 Å². The number of hydrogen-bond donors (Lipinski definition) is 0. The van der Waals surface area contributed by atoms with E-state index in [1.165, 1.54) is 0 Å². The van der Waals surface area contributed by atoms with E-state index < -0.39 is 0 Å². The van der Waals surface area contributed by atoms with E-state index in [0.717, 1.165) is 60.3 Å². The summed E-state index contributed by atoms with van der Waals surface area (Å²) >= 11 is 0. The van der Waals surface area contributed by atoms with E-state index in [1.807, 2.05) is 59.5 Å². The lowest BCUT2D eigenvalue weighted by atomic mass is 10.0. The number of rotatable bonds is 11. The Labute approximate surface area is 208 Å². The van der Waals surface area contributed by atoms with Crippen molar-refractivity contribution in [2.75, 3.05) is 46.5 Å². The summed E-state index contributed by atoms with van der Waals surface area (Å²) < 4.78 is 17.1. The second-order valence-electron chi connectivity index (χ2n) is 8.84. The molecule has 0 fully saturated rings. The van der Waals surface area contributed by atoms with E-state index in [-0.39, 0.29) is 5.91 Å². The maximum atomic E-state index is 13.9. The maximum absolute atomic E-state index is 13.9. The van der Waals surface area contributed by atoms with Crippen LogP contribution in [0.3, 0.4) is 0 Å². The lowest BCUT2D eigenvalue weighted by Crippen LogP contribution is -2.32. The van der Waals surface area contributed by atoms with Crippen molar-refractivity contribution in [1.29, 1.82) is 0 Å². The van der Waals surface area contributed by atoms with Gasteiger partial charge >= 0.3 is 0 Å². The van der Waals surface area contributed by atoms with Crippen LogP contribution >= 0.6 is 0 Å². The summed E-state index contributed by atoms with van der Waals surface area (Å²) in [6.45, 7) is 9.78. The van der Waals surface area contributed by atoms with Crippen molar-refractivity contribution < 1.29 is 19.0 Å². The maximum Gasteiger partial charge on any atom is 0.257 e. The van der Waals surface area contributed by atoms with Gasteiger partial charge in [0, 0.05) is 13.1 Å². The van der Waals surface area contributed by atoms with Gasteiger partial charge in [0.05, 0.1) is 12.7 Å². The predicted octanol–water partition coefficient (Wildman–Crippen LogP) is 5.38. The van der Waals surface area contributed by atoms with Gasteiger partial charge < -0.3 is 24.0 Å². The molecule has 0 N–H and O–H groups in total. The van der Waals surface area contributed by atoms with E-state index >= 15 is 0 Å². The molecule has 0 saturated carbocycles. The minimum absolute atomic E-state index is 0.0228. The van der Waals surface area contributed by atoms with Crippen LogP contribution in [0.5, 0.6) is 17.2 Å². The molecule has 1 aliphatic heterocycles. The summed E-state index contributed by atoms with van der Waals surface area (Å²) in [5.41, 5.74) is 1.61. The minimum atomic E-state index is -0.0228. The highest BCUT2D eigenvalue weighted by Crippen LogP contribution is 2.32. The van der Waals surface area contributed by atoms with Gasteiger partial charge in [-0.2, -0.15) is 0 Å². The third kappa shape index (κ3) is 6.06. The summed E-state index contributed by atoms with van der Waals surface area (Å²) in [6.07, 6.45) is 1.98. The van der Waals surface area contributed by atoms with Crippen LogP contribution in [-0.2, 0) is 6.54 Å². The first-order chi connectivity index (χ1) is 17.1. The first kappa shape index (κ1) is 24.9. The number of nitrogens with zero attached hydrogens (tertiary/aromatic N) is 2. The van der Waals surface area contributed by atoms with E-state index in [0.29, 0.717) is 37.6 Å². The molecule has 3 aromatic rings. The molecule has 3 aromatic carbocycles. The van der Waals surface area contributed by atoms with Crippen molar-refractivity contribution >= 4 is 16.7 Å². The van der Waals surface area contributed by atoms with Gasteiger partial charge in [-0.15, -0.1) is 0 Å². The molecule has 35 heavy (non-hydrogen) atoms. The molecule has 0 bridgehead atoms. The highest BCUT2D eigenvalue weighted by Gasteiger charge is 2.22. The Balaban J connectivity index is 1.58. The number of carbonyl (C=O) groups excluding carboxylic acids is 1. The van der Waals surface area contributed by atoms with Crippen LogP contribution in [0.2, 0.25) is 0 Å². The van der Waals surface area contributed by atoms with Gasteiger partial charge in [-0.3, -0.25) is 4.79 Å². The van der Waals surface area contributed by atoms with Gasteiger partial charge in [0.2, 0.25) is 0 Å². The molecule has 0 aromatic heterocycles. The molecule has 1 heterocycles. The number of unbranched alkanes of at least 4 members (excludes halogenated alkanes) is 1. The van der Waals surface area contributed by atoms with Crippen molar-refractivity contribution in [3.63, 3.8) is 0 Å². The molecule has 0 saturated heterocycles. The van der Waals surface area contributed by atoms with E-state index in [2.05, 4.69) is 18.7 Å². The Bertz CT molecular complexity index is 1140. The van der Waals surface area contributed by atoms with Crippen molar-refractivity contribution in [1.82, 2.24) is 9.80 Å². The summed E-state index contributed by atoms with van der Waals surface area (Å²) in [4.78, 5) is 18.2. The second-order valence-corrected chi connectivity index (χ2v) is 8.84. The Hall–Kier alpha value is -3.25. The van der Waals surface area contributed by atoms with Crippen LogP contribution in [0, 0.1) is 0 Å². The molecule has 4 rings (SSSR count). The zero-order valence-electron chi connectivity index (χ0n) is 21.1. The Morgan fingerprint density at radius 2 is 1.57 bits per heavy atom.